The molecule has 1 N–H and O–H groups in total. The predicted molar refractivity (Wildman–Crippen MR) is 90.4 cm³/mol. The maximum absolute atomic E-state index is 5.56. The summed E-state index contributed by atoms with van der Waals surface area (Å²) < 4.78 is 6.62. The lowest BCUT2D eigenvalue weighted by Gasteiger charge is -2.24. The minimum atomic E-state index is 0.375. The van der Waals surface area contributed by atoms with Crippen molar-refractivity contribution in [3.8, 4) is 5.75 Å². The van der Waals surface area contributed by atoms with Gasteiger partial charge in [-0.15, -0.1) is 0 Å². The summed E-state index contributed by atoms with van der Waals surface area (Å²) in [7, 11) is 1.75. The van der Waals surface area contributed by atoms with Crippen LogP contribution in [-0.2, 0) is 0 Å². The molecule has 0 aromatic heterocycles. The number of halogens is 1. The zero-order valence-corrected chi connectivity index (χ0v) is 14.8. The highest BCUT2D eigenvalue weighted by molar-refractivity contribution is 9.10. The van der Waals surface area contributed by atoms with Crippen LogP contribution in [0.1, 0.15) is 58.1 Å². The largest absolute Gasteiger partial charge is 0.496 e. The molecule has 0 heterocycles. The second-order valence-corrected chi connectivity index (χ2v) is 6.44. The Hall–Kier alpha value is -0.540. The van der Waals surface area contributed by atoms with Gasteiger partial charge in [0.15, 0.2) is 0 Å². The van der Waals surface area contributed by atoms with Crippen LogP contribution in [-0.4, -0.2) is 13.7 Å². The summed E-state index contributed by atoms with van der Waals surface area (Å²) in [4.78, 5) is 0. The number of nitrogens with one attached hydrogen (secondary N) is 1. The van der Waals surface area contributed by atoms with E-state index in [1.165, 1.54) is 18.4 Å². The highest BCUT2D eigenvalue weighted by atomic mass is 79.9. The predicted octanol–water partition coefficient (Wildman–Crippen LogP) is 5.32. The highest BCUT2D eigenvalue weighted by Gasteiger charge is 2.18. The molecule has 0 bridgehead atoms. The molecule has 114 valence electrons. The number of benzene rings is 1. The molecule has 2 nitrogen and oxygen atoms in total. The standard InChI is InChI=1S/C17H28BrNO/c1-5-7-13(3)11-16(19-10-6-2)15-9-8-14(18)12-17(15)20-4/h8-9,12-13,16,19H,5-7,10-11H2,1-4H3. The van der Waals surface area contributed by atoms with Crippen molar-refractivity contribution in [2.75, 3.05) is 13.7 Å². The molecule has 0 aliphatic heterocycles. The third-order valence-corrected chi connectivity index (χ3v) is 4.12. The van der Waals surface area contributed by atoms with Gasteiger partial charge in [0.05, 0.1) is 7.11 Å². The minimum Gasteiger partial charge on any atom is -0.496 e. The number of ether oxygens (including phenoxy) is 1. The smallest absolute Gasteiger partial charge is 0.124 e. The van der Waals surface area contributed by atoms with Gasteiger partial charge >= 0.3 is 0 Å². The Morgan fingerprint density at radius 3 is 2.60 bits per heavy atom. The van der Waals surface area contributed by atoms with Crippen LogP contribution < -0.4 is 10.1 Å². The van der Waals surface area contributed by atoms with Gasteiger partial charge in [0, 0.05) is 16.1 Å². The maximum atomic E-state index is 5.56. The molecule has 1 rings (SSSR count). The van der Waals surface area contributed by atoms with Crippen molar-refractivity contribution < 1.29 is 4.74 Å². The van der Waals surface area contributed by atoms with Crippen molar-refractivity contribution in [1.29, 1.82) is 0 Å². The first-order valence-electron chi connectivity index (χ1n) is 7.69. The van der Waals surface area contributed by atoms with E-state index in [1.54, 1.807) is 7.11 Å². The zero-order chi connectivity index (χ0) is 15.0. The molecular weight excluding hydrogens is 314 g/mol. The first-order chi connectivity index (χ1) is 9.62. The van der Waals surface area contributed by atoms with Crippen LogP contribution in [0, 0.1) is 5.92 Å². The first-order valence-corrected chi connectivity index (χ1v) is 8.48. The molecule has 0 amide bonds. The van der Waals surface area contributed by atoms with Gasteiger partial charge in [-0.1, -0.05) is 55.6 Å². The van der Waals surface area contributed by atoms with E-state index in [0.29, 0.717) is 6.04 Å². The first kappa shape index (κ1) is 17.5. The van der Waals surface area contributed by atoms with E-state index in [1.807, 2.05) is 0 Å². The Bertz CT molecular complexity index is 395. The lowest BCUT2D eigenvalue weighted by Crippen LogP contribution is -2.24. The Morgan fingerprint density at radius 2 is 2.00 bits per heavy atom. The van der Waals surface area contributed by atoms with Gasteiger partial charge in [-0.3, -0.25) is 0 Å². The number of hydrogen-bond donors (Lipinski definition) is 1. The van der Waals surface area contributed by atoms with Crippen LogP contribution in [0.3, 0.4) is 0 Å². The van der Waals surface area contributed by atoms with E-state index in [9.17, 15) is 0 Å². The van der Waals surface area contributed by atoms with E-state index in [-0.39, 0.29) is 0 Å². The Kier molecular flexibility index (Phi) is 8.24. The molecule has 0 radical (unpaired) electrons. The highest BCUT2D eigenvalue weighted by Crippen LogP contribution is 2.32. The summed E-state index contributed by atoms with van der Waals surface area (Å²) in [5.74, 6) is 1.69. The van der Waals surface area contributed by atoms with Gasteiger partial charge in [0.1, 0.15) is 5.75 Å². The van der Waals surface area contributed by atoms with E-state index < -0.39 is 0 Å². The fourth-order valence-electron chi connectivity index (χ4n) is 2.62. The fourth-order valence-corrected chi connectivity index (χ4v) is 2.96. The molecule has 3 heteroatoms. The van der Waals surface area contributed by atoms with E-state index in [2.05, 4.69) is 60.2 Å². The van der Waals surface area contributed by atoms with E-state index in [4.69, 9.17) is 4.74 Å². The molecule has 0 fully saturated rings. The van der Waals surface area contributed by atoms with Gasteiger partial charge in [0.25, 0.3) is 0 Å². The van der Waals surface area contributed by atoms with Gasteiger partial charge < -0.3 is 10.1 Å². The molecule has 20 heavy (non-hydrogen) atoms. The number of methoxy groups -OCH3 is 1. The van der Waals surface area contributed by atoms with Crippen LogP contribution in [0.5, 0.6) is 5.75 Å². The summed E-state index contributed by atoms with van der Waals surface area (Å²) in [6, 6.07) is 6.71. The summed E-state index contributed by atoms with van der Waals surface area (Å²) in [5, 5.41) is 3.67. The minimum absolute atomic E-state index is 0.375. The van der Waals surface area contributed by atoms with Gasteiger partial charge in [-0.05, 0) is 37.4 Å². The lowest BCUT2D eigenvalue weighted by atomic mass is 9.92. The Labute approximate surface area is 132 Å². The molecular formula is C17H28BrNO. The summed E-state index contributed by atoms with van der Waals surface area (Å²) in [6.45, 7) is 7.85. The van der Waals surface area contributed by atoms with Crippen molar-refractivity contribution in [3.63, 3.8) is 0 Å². The van der Waals surface area contributed by atoms with Crippen molar-refractivity contribution in [3.05, 3.63) is 28.2 Å². The second-order valence-electron chi connectivity index (χ2n) is 5.52. The van der Waals surface area contributed by atoms with Crippen LogP contribution in [0.2, 0.25) is 0 Å². The van der Waals surface area contributed by atoms with Crippen LogP contribution in [0.15, 0.2) is 22.7 Å². The number of rotatable bonds is 9. The summed E-state index contributed by atoms with van der Waals surface area (Å²) in [6.07, 6.45) is 4.84. The second kappa shape index (κ2) is 9.41. The molecule has 0 saturated heterocycles. The third-order valence-electron chi connectivity index (χ3n) is 3.63. The quantitative estimate of drug-likeness (QED) is 0.655. The monoisotopic (exact) mass is 341 g/mol. The van der Waals surface area contributed by atoms with E-state index in [0.717, 1.165) is 35.5 Å². The summed E-state index contributed by atoms with van der Waals surface area (Å²) >= 11 is 3.51. The molecule has 0 saturated carbocycles. The van der Waals surface area contributed by atoms with Crippen LogP contribution >= 0.6 is 15.9 Å². The third kappa shape index (κ3) is 5.45. The Balaban J connectivity index is 2.91. The van der Waals surface area contributed by atoms with Crippen molar-refractivity contribution in [1.82, 2.24) is 5.32 Å². The average molecular weight is 342 g/mol. The van der Waals surface area contributed by atoms with Crippen molar-refractivity contribution in [2.24, 2.45) is 5.92 Å². The molecule has 2 atom stereocenters. The van der Waals surface area contributed by atoms with Gasteiger partial charge in [0.2, 0.25) is 0 Å². The van der Waals surface area contributed by atoms with Crippen LogP contribution in [0.4, 0.5) is 0 Å². The molecule has 0 spiro atoms. The zero-order valence-electron chi connectivity index (χ0n) is 13.2. The lowest BCUT2D eigenvalue weighted by molar-refractivity contribution is 0.365. The normalized spacial score (nSPS) is 14.1. The SMILES string of the molecule is CCCNC(CC(C)CCC)c1ccc(Br)cc1OC. The summed E-state index contributed by atoms with van der Waals surface area (Å²) in [5.41, 5.74) is 1.27. The average Bonchev–Trinajstić information content (AvgIpc) is 2.43. The van der Waals surface area contributed by atoms with E-state index >= 15 is 0 Å². The molecule has 0 aliphatic rings. The molecule has 1 aromatic carbocycles. The topological polar surface area (TPSA) is 21.3 Å². The molecule has 2 unspecified atom stereocenters. The fraction of sp³-hybridized carbons (Fsp3) is 0.647. The molecule has 1 aromatic rings. The van der Waals surface area contributed by atoms with Crippen LogP contribution in [0.25, 0.3) is 0 Å². The van der Waals surface area contributed by atoms with Gasteiger partial charge in [-0.25, -0.2) is 0 Å². The maximum Gasteiger partial charge on any atom is 0.124 e. The number of hydrogen-bond acceptors (Lipinski definition) is 2. The van der Waals surface area contributed by atoms with Crippen molar-refractivity contribution in [2.45, 2.75) is 52.5 Å². The van der Waals surface area contributed by atoms with Gasteiger partial charge in [-0.2, -0.15) is 0 Å². The van der Waals surface area contributed by atoms with Crippen molar-refractivity contribution >= 4 is 15.9 Å². The Morgan fingerprint density at radius 1 is 1.25 bits per heavy atom. The molecule has 0 aliphatic carbocycles.